The number of rotatable bonds is 6. The van der Waals surface area contributed by atoms with Crippen LogP contribution in [0.5, 0.6) is 0 Å². The van der Waals surface area contributed by atoms with E-state index in [2.05, 4.69) is 63.1 Å². The number of guanidine groups is 1. The number of hydrogen-bond donors (Lipinski definition) is 7. The van der Waals surface area contributed by atoms with Gasteiger partial charge < -0.3 is 38.0 Å². The van der Waals surface area contributed by atoms with Crippen molar-refractivity contribution in [2.24, 2.45) is 22.2 Å². The van der Waals surface area contributed by atoms with Crippen molar-refractivity contribution in [1.82, 2.24) is 15.6 Å². The molecule has 0 bridgehead atoms. The number of pyridine rings is 1. The summed E-state index contributed by atoms with van der Waals surface area (Å²) in [6.45, 7) is 2.57. The van der Waals surface area contributed by atoms with Crippen LogP contribution in [-0.2, 0) is 9.59 Å². The third-order valence-corrected chi connectivity index (χ3v) is 5.12. The molecule has 4 rings (SSSR count). The van der Waals surface area contributed by atoms with Crippen LogP contribution in [0, 0.1) is 0 Å². The number of hydrogen-bond acceptors (Lipinski definition) is 7. The van der Waals surface area contributed by atoms with E-state index in [0.29, 0.717) is 25.9 Å². The van der Waals surface area contributed by atoms with E-state index < -0.39 is 24.0 Å². The number of nitrogens with one attached hydrogen (secondary N) is 2. The molecule has 2 aromatic carbocycles. The smallest absolute Gasteiger partial charge is 0.322 e. The molecule has 196 valence electrons. The first-order valence-electron chi connectivity index (χ1n) is 11.2. The first-order valence-corrected chi connectivity index (χ1v) is 11.2. The number of nitrogens with zero attached hydrogens (tertiary/aromatic N) is 2. The van der Waals surface area contributed by atoms with Gasteiger partial charge in [0.2, 0.25) is 0 Å². The molecule has 10 N–H and O–H groups in total. The summed E-state index contributed by atoms with van der Waals surface area (Å²) in [4.78, 5) is 28.6. The average Bonchev–Trinajstić information content (AvgIpc) is 2.87. The number of piperazine rings is 1. The second-order valence-corrected chi connectivity index (χ2v) is 7.80. The number of aliphatic imine (C=N–C) groups is 1. The highest BCUT2D eigenvalue weighted by atomic mass is 35.5. The number of benzene rings is 2. The number of halogens is 1. The van der Waals surface area contributed by atoms with Crippen LogP contribution in [0.15, 0.2) is 59.7 Å². The Bertz CT molecular complexity index is 1080. The van der Waals surface area contributed by atoms with Gasteiger partial charge in [-0.1, -0.05) is 42.5 Å². The molecule has 1 saturated heterocycles. The van der Waals surface area contributed by atoms with E-state index in [1.165, 1.54) is 16.2 Å². The third kappa shape index (κ3) is 10.4. The van der Waals surface area contributed by atoms with Gasteiger partial charge in [-0.15, -0.1) is 12.4 Å². The Morgan fingerprint density at radius 2 is 1.75 bits per heavy atom. The zero-order chi connectivity index (χ0) is 25.6. The second kappa shape index (κ2) is 16.2. The Morgan fingerprint density at radius 3 is 2.36 bits per heavy atom. The van der Waals surface area contributed by atoms with Gasteiger partial charge in [-0.3, -0.25) is 19.6 Å². The Kier molecular flexibility index (Phi) is 13.7. The second-order valence-electron chi connectivity index (χ2n) is 7.80. The lowest BCUT2D eigenvalue weighted by Crippen LogP contribution is -2.52. The Labute approximate surface area is 215 Å². The van der Waals surface area contributed by atoms with E-state index in [1.54, 1.807) is 0 Å². The maximum absolute atomic E-state index is 10.3. The van der Waals surface area contributed by atoms with E-state index >= 15 is 0 Å². The van der Waals surface area contributed by atoms with Gasteiger partial charge in [0.15, 0.2) is 5.96 Å². The highest BCUT2D eigenvalue weighted by molar-refractivity contribution is 6.04. The predicted octanol–water partition coefficient (Wildman–Crippen LogP) is 0.894. The summed E-state index contributed by atoms with van der Waals surface area (Å²) in [5, 5.41) is 26.3. The van der Waals surface area contributed by atoms with Gasteiger partial charge in [-0.05, 0) is 24.3 Å². The minimum absolute atomic E-state index is 0. The van der Waals surface area contributed by atoms with Crippen molar-refractivity contribution in [3.63, 3.8) is 0 Å². The van der Waals surface area contributed by atoms with E-state index in [0.717, 1.165) is 18.6 Å². The molecule has 36 heavy (non-hydrogen) atoms. The highest BCUT2D eigenvalue weighted by Gasteiger charge is 2.18. The lowest BCUT2D eigenvalue weighted by Gasteiger charge is -2.20. The molecule has 1 aromatic heterocycles. The van der Waals surface area contributed by atoms with Crippen LogP contribution in [-0.4, -0.2) is 71.4 Å². The van der Waals surface area contributed by atoms with E-state index in [1.807, 2.05) is 12.3 Å². The van der Waals surface area contributed by atoms with Crippen LogP contribution in [0.3, 0.4) is 0 Å². The van der Waals surface area contributed by atoms with E-state index in [9.17, 15) is 9.59 Å². The fourth-order valence-electron chi connectivity index (χ4n) is 3.29. The summed E-state index contributed by atoms with van der Waals surface area (Å²) in [5.41, 5.74) is 16.4. The Balaban J connectivity index is 0.000000273. The summed E-state index contributed by atoms with van der Waals surface area (Å²) in [7, 11) is 0. The minimum Gasteiger partial charge on any atom is -0.480 e. The zero-order valence-corrected chi connectivity index (χ0v) is 20.7. The van der Waals surface area contributed by atoms with E-state index in [-0.39, 0.29) is 18.4 Å². The molecule has 0 aliphatic carbocycles. The fraction of sp³-hybridized carbons (Fsp3) is 0.333. The topological polar surface area (TPSA) is 202 Å². The summed E-state index contributed by atoms with van der Waals surface area (Å²) in [6, 6.07) is 15.4. The number of nitrogens with two attached hydrogens (primary N) is 3. The highest BCUT2D eigenvalue weighted by Crippen LogP contribution is 2.22. The standard InChI is InChI=1S/C13H9N.C6H14N4O2.C5H10N2O2.ClH/c1-2-6-12-10(4-1)7-8-11-5-3-9-14-13(11)12;7-4(5(11)12)2-1-3-10-6(8)9;8-5(9)4-3-6-1-2-7-4;/h1-9H;4H,1-3,7H2,(H,11,12)(H4,8,9,10);4,6-7H,1-3H2,(H,8,9);1H. The molecule has 11 nitrogen and oxygen atoms in total. The van der Waals surface area contributed by atoms with Crippen LogP contribution >= 0.6 is 12.4 Å². The number of aliphatic carboxylic acids is 2. The maximum Gasteiger partial charge on any atom is 0.322 e. The van der Waals surface area contributed by atoms with Gasteiger partial charge in [0.25, 0.3) is 0 Å². The van der Waals surface area contributed by atoms with Crippen LogP contribution < -0.4 is 27.8 Å². The number of carboxylic acids is 2. The van der Waals surface area contributed by atoms with Gasteiger partial charge in [0.05, 0.1) is 5.52 Å². The first kappa shape index (κ1) is 30.5. The van der Waals surface area contributed by atoms with E-state index in [4.69, 9.17) is 27.4 Å². The average molecular weight is 520 g/mol. The molecule has 0 radical (unpaired) electrons. The van der Waals surface area contributed by atoms with Crippen LogP contribution in [0.1, 0.15) is 12.8 Å². The third-order valence-electron chi connectivity index (χ3n) is 5.12. The lowest BCUT2D eigenvalue weighted by molar-refractivity contribution is -0.140. The zero-order valence-electron chi connectivity index (χ0n) is 19.8. The summed E-state index contributed by atoms with van der Waals surface area (Å²) >= 11 is 0. The van der Waals surface area contributed by atoms with Crippen molar-refractivity contribution >= 4 is 52.0 Å². The number of carboxylic acid groups (broad SMARTS) is 2. The van der Waals surface area contributed by atoms with Crippen LogP contribution in [0.4, 0.5) is 0 Å². The first-order chi connectivity index (χ1) is 16.8. The van der Waals surface area contributed by atoms with Gasteiger partial charge in [0.1, 0.15) is 12.1 Å². The van der Waals surface area contributed by atoms with Crippen molar-refractivity contribution < 1.29 is 19.8 Å². The molecular formula is C24H34ClN7O4. The maximum atomic E-state index is 10.3. The molecule has 2 atom stereocenters. The molecule has 2 heterocycles. The summed E-state index contributed by atoms with van der Waals surface area (Å²) in [5.74, 6) is -1.76. The normalized spacial score (nSPS) is 15.2. The van der Waals surface area contributed by atoms with Crippen molar-refractivity contribution in [3.05, 3.63) is 54.7 Å². The quantitative estimate of drug-likeness (QED) is 0.106. The van der Waals surface area contributed by atoms with Crippen molar-refractivity contribution in [1.29, 1.82) is 0 Å². The van der Waals surface area contributed by atoms with Gasteiger partial charge in [-0.2, -0.15) is 0 Å². The molecule has 1 fully saturated rings. The molecule has 3 aromatic rings. The summed E-state index contributed by atoms with van der Waals surface area (Å²) < 4.78 is 0. The fourth-order valence-corrected chi connectivity index (χ4v) is 3.29. The van der Waals surface area contributed by atoms with Gasteiger partial charge in [-0.25, -0.2) is 0 Å². The van der Waals surface area contributed by atoms with Crippen molar-refractivity contribution in [2.75, 3.05) is 26.2 Å². The number of carbonyl (C=O) groups is 2. The molecular weight excluding hydrogens is 486 g/mol. The van der Waals surface area contributed by atoms with Gasteiger partial charge >= 0.3 is 11.9 Å². The molecule has 1 aliphatic rings. The van der Waals surface area contributed by atoms with Crippen molar-refractivity contribution in [3.8, 4) is 0 Å². The van der Waals surface area contributed by atoms with Gasteiger partial charge in [0, 0.05) is 43.1 Å². The number of aromatic nitrogens is 1. The molecule has 1 aliphatic heterocycles. The monoisotopic (exact) mass is 519 g/mol. The molecule has 12 heteroatoms. The molecule has 0 spiro atoms. The predicted molar refractivity (Wildman–Crippen MR) is 144 cm³/mol. The van der Waals surface area contributed by atoms with Crippen molar-refractivity contribution in [2.45, 2.75) is 24.9 Å². The molecule has 2 unspecified atom stereocenters. The Morgan fingerprint density at radius 1 is 1.06 bits per heavy atom. The SMILES string of the molecule is Cl.NC(N)=NCCCC(N)C(=O)O.O=C(O)C1CNCCN1.c1ccc2c(c1)ccc1cccnc12. The van der Waals surface area contributed by atoms with Crippen LogP contribution in [0.2, 0.25) is 0 Å². The minimum atomic E-state index is -1.00. The lowest BCUT2D eigenvalue weighted by atomic mass is 10.1. The molecule has 0 saturated carbocycles. The summed E-state index contributed by atoms with van der Waals surface area (Å²) in [6.07, 6.45) is 2.80. The Hall–Kier alpha value is -3.51. The number of fused-ring (bicyclic) bond motifs is 3. The van der Waals surface area contributed by atoms with Crippen LogP contribution in [0.25, 0.3) is 21.7 Å². The molecule has 0 amide bonds. The largest absolute Gasteiger partial charge is 0.480 e.